The van der Waals surface area contributed by atoms with E-state index >= 15 is 0 Å². The van der Waals surface area contributed by atoms with Gasteiger partial charge in [0.2, 0.25) is 0 Å². The minimum absolute atomic E-state index is 0.338. The van der Waals surface area contributed by atoms with Crippen molar-refractivity contribution in [1.29, 1.82) is 0 Å². The van der Waals surface area contributed by atoms with Crippen molar-refractivity contribution < 1.29 is 18.9 Å². The minimum atomic E-state index is 0.338. The van der Waals surface area contributed by atoms with Gasteiger partial charge in [0.25, 0.3) is 0 Å². The molecule has 4 heterocycles. The van der Waals surface area contributed by atoms with Crippen LogP contribution in [0, 0.1) is 11.3 Å². The predicted octanol–water partition coefficient (Wildman–Crippen LogP) is 2.93. The third kappa shape index (κ3) is 4.22. The highest BCUT2D eigenvalue weighted by atomic mass is 16.6. The number of ether oxygens (including phenoxy) is 4. The molecule has 5 atom stereocenters. The van der Waals surface area contributed by atoms with E-state index in [1.54, 1.807) is 0 Å². The minimum Gasteiger partial charge on any atom is -0.373 e. The molecule has 4 nitrogen and oxygen atoms in total. The SMILES string of the molecule is CCCCC(CC1CO1)C(CC1CO1)(CC1CO1)CC1CO1. The Labute approximate surface area is 133 Å². The Balaban J connectivity index is 1.51. The van der Waals surface area contributed by atoms with E-state index in [0.29, 0.717) is 29.8 Å². The van der Waals surface area contributed by atoms with Crippen LogP contribution in [-0.2, 0) is 18.9 Å². The third-order valence-electron chi connectivity index (χ3n) is 5.83. The van der Waals surface area contributed by atoms with Crippen LogP contribution >= 0.6 is 0 Å². The van der Waals surface area contributed by atoms with Gasteiger partial charge in [0.1, 0.15) is 0 Å². The Hall–Kier alpha value is -0.160. The van der Waals surface area contributed by atoms with Gasteiger partial charge in [-0.25, -0.2) is 0 Å². The molecule has 0 saturated carbocycles. The van der Waals surface area contributed by atoms with E-state index < -0.39 is 0 Å². The number of epoxide rings is 4. The molecular formula is C18H30O4. The Bertz CT molecular complexity index is 333. The molecule has 0 amide bonds. The molecule has 4 rings (SSSR count). The van der Waals surface area contributed by atoms with Crippen LogP contribution in [0.1, 0.15) is 51.9 Å². The smallest absolute Gasteiger partial charge is 0.0815 e. The van der Waals surface area contributed by atoms with E-state index in [2.05, 4.69) is 6.92 Å². The van der Waals surface area contributed by atoms with Crippen LogP contribution in [0.5, 0.6) is 0 Å². The molecule has 0 aromatic carbocycles. The van der Waals surface area contributed by atoms with Crippen LogP contribution in [0.3, 0.4) is 0 Å². The van der Waals surface area contributed by atoms with Crippen LogP contribution in [0.2, 0.25) is 0 Å². The monoisotopic (exact) mass is 310 g/mol. The maximum atomic E-state index is 5.63. The van der Waals surface area contributed by atoms with E-state index in [1.807, 2.05) is 0 Å². The number of hydrogen-bond acceptors (Lipinski definition) is 4. The summed E-state index contributed by atoms with van der Waals surface area (Å²) in [5, 5.41) is 0. The Morgan fingerprint density at radius 2 is 1.27 bits per heavy atom. The number of unbranched alkanes of at least 4 members (excludes halogenated alkanes) is 1. The lowest BCUT2D eigenvalue weighted by atomic mass is 9.63. The molecule has 5 unspecified atom stereocenters. The molecule has 4 aliphatic heterocycles. The fourth-order valence-electron chi connectivity index (χ4n) is 4.31. The molecule has 126 valence electrons. The molecule has 4 aliphatic rings. The van der Waals surface area contributed by atoms with Crippen LogP contribution in [0.4, 0.5) is 0 Å². The molecule has 0 aliphatic carbocycles. The lowest BCUT2D eigenvalue weighted by Gasteiger charge is -2.41. The number of hydrogen-bond donors (Lipinski definition) is 0. The van der Waals surface area contributed by atoms with Crippen molar-refractivity contribution in [3.63, 3.8) is 0 Å². The summed E-state index contributed by atoms with van der Waals surface area (Å²) in [6.45, 7) is 6.14. The summed E-state index contributed by atoms with van der Waals surface area (Å²) in [7, 11) is 0. The van der Waals surface area contributed by atoms with Crippen LogP contribution in [-0.4, -0.2) is 50.8 Å². The first-order valence-electron chi connectivity index (χ1n) is 9.24. The molecule has 4 heteroatoms. The van der Waals surface area contributed by atoms with Crippen LogP contribution in [0.25, 0.3) is 0 Å². The summed E-state index contributed by atoms with van der Waals surface area (Å²) < 4.78 is 22.5. The van der Waals surface area contributed by atoms with Gasteiger partial charge in [0.15, 0.2) is 0 Å². The van der Waals surface area contributed by atoms with Gasteiger partial charge in [-0.3, -0.25) is 0 Å². The summed E-state index contributed by atoms with van der Waals surface area (Å²) in [5.41, 5.74) is 0.338. The molecule has 22 heavy (non-hydrogen) atoms. The number of rotatable bonds is 12. The Morgan fingerprint density at radius 3 is 1.64 bits per heavy atom. The fourth-order valence-corrected chi connectivity index (χ4v) is 4.31. The van der Waals surface area contributed by atoms with E-state index in [4.69, 9.17) is 18.9 Å². The van der Waals surface area contributed by atoms with E-state index in [9.17, 15) is 0 Å². The molecule has 4 saturated heterocycles. The first kappa shape index (κ1) is 15.4. The molecule has 4 fully saturated rings. The zero-order valence-corrected chi connectivity index (χ0v) is 13.8. The second-order valence-electron chi connectivity index (χ2n) is 7.87. The van der Waals surface area contributed by atoms with Gasteiger partial charge in [-0.1, -0.05) is 19.8 Å². The summed E-state index contributed by atoms with van der Waals surface area (Å²) in [5.74, 6) is 0.734. The van der Waals surface area contributed by atoms with Crippen LogP contribution in [0.15, 0.2) is 0 Å². The summed E-state index contributed by atoms with van der Waals surface area (Å²) in [6.07, 6.45) is 10.7. The quantitative estimate of drug-likeness (QED) is 0.520. The van der Waals surface area contributed by atoms with Crippen LogP contribution < -0.4 is 0 Å². The maximum Gasteiger partial charge on any atom is 0.0815 e. The highest BCUT2D eigenvalue weighted by molar-refractivity contribution is 4.99. The maximum absolute atomic E-state index is 5.63. The Kier molecular flexibility index (Phi) is 4.46. The average Bonchev–Trinajstić information content (AvgIpc) is 3.35. The van der Waals surface area contributed by atoms with Gasteiger partial charge >= 0.3 is 0 Å². The van der Waals surface area contributed by atoms with E-state index in [1.165, 1.54) is 44.9 Å². The van der Waals surface area contributed by atoms with E-state index in [-0.39, 0.29) is 0 Å². The van der Waals surface area contributed by atoms with Crippen molar-refractivity contribution in [2.75, 3.05) is 26.4 Å². The molecule has 0 bridgehead atoms. The molecule has 0 N–H and O–H groups in total. The topological polar surface area (TPSA) is 50.1 Å². The molecule has 0 radical (unpaired) electrons. The fraction of sp³-hybridized carbons (Fsp3) is 1.00. The second kappa shape index (κ2) is 6.39. The summed E-state index contributed by atoms with van der Waals surface area (Å²) >= 11 is 0. The molecule has 0 aromatic heterocycles. The van der Waals surface area contributed by atoms with E-state index in [0.717, 1.165) is 32.3 Å². The zero-order valence-electron chi connectivity index (χ0n) is 13.8. The van der Waals surface area contributed by atoms with Gasteiger partial charge in [-0.2, -0.15) is 0 Å². The van der Waals surface area contributed by atoms with Gasteiger partial charge in [-0.15, -0.1) is 0 Å². The molecular weight excluding hydrogens is 280 g/mol. The highest BCUT2D eigenvalue weighted by Crippen LogP contribution is 2.52. The van der Waals surface area contributed by atoms with Gasteiger partial charge < -0.3 is 18.9 Å². The standard InChI is InChI=1S/C18H30O4/c1-2-3-4-13(5-14-9-19-14)18(6-15-10-20-15,7-16-11-21-16)8-17-12-22-17/h13-17H,2-12H2,1H3. The van der Waals surface area contributed by atoms with Crippen molar-refractivity contribution >= 4 is 0 Å². The lowest BCUT2D eigenvalue weighted by Crippen LogP contribution is -2.36. The first-order valence-corrected chi connectivity index (χ1v) is 9.24. The van der Waals surface area contributed by atoms with Gasteiger partial charge in [-0.05, 0) is 43.4 Å². The van der Waals surface area contributed by atoms with Crippen molar-refractivity contribution in [1.82, 2.24) is 0 Å². The average molecular weight is 310 g/mol. The van der Waals surface area contributed by atoms with Crippen molar-refractivity contribution in [3.05, 3.63) is 0 Å². The van der Waals surface area contributed by atoms with Gasteiger partial charge in [0, 0.05) is 0 Å². The van der Waals surface area contributed by atoms with Crippen molar-refractivity contribution in [3.8, 4) is 0 Å². The Morgan fingerprint density at radius 1 is 0.818 bits per heavy atom. The molecule has 0 aromatic rings. The van der Waals surface area contributed by atoms with Gasteiger partial charge in [0.05, 0.1) is 50.8 Å². The third-order valence-corrected chi connectivity index (χ3v) is 5.83. The predicted molar refractivity (Wildman–Crippen MR) is 82.9 cm³/mol. The second-order valence-corrected chi connectivity index (χ2v) is 7.87. The normalized spacial score (nSPS) is 39.1. The summed E-state index contributed by atoms with van der Waals surface area (Å²) in [4.78, 5) is 0. The summed E-state index contributed by atoms with van der Waals surface area (Å²) in [6, 6.07) is 0. The van der Waals surface area contributed by atoms with Crippen molar-refractivity contribution in [2.45, 2.75) is 76.3 Å². The highest BCUT2D eigenvalue weighted by Gasteiger charge is 2.50. The first-order chi connectivity index (χ1) is 10.8. The lowest BCUT2D eigenvalue weighted by molar-refractivity contribution is 0.0597. The zero-order chi connectivity index (χ0) is 15.0. The largest absolute Gasteiger partial charge is 0.373 e. The van der Waals surface area contributed by atoms with Crippen molar-refractivity contribution in [2.24, 2.45) is 11.3 Å². The molecule has 0 spiro atoms.